The average molecular weight is 461 g/mol. The van der Waals surface area contributed by atoms with Gasteiger partial charge in [-0.3, -0.25) is 4.90 Å². The van der Waals surface area contributed by atoms with Gasteiger partial charge in [0.05, 0.1) is 18.8 Å². The van der Waals surface area contributed by atoms with E-state index in [1.807, 2.05) is 30.3 Å². The highest BCUT2D eigenvalue weighted by atomic mass is 32.2. The fraction of sp³-hybridized carbons (Fsp3) is 0.458. The highest BCUT2D eigenvalue weighted by Crippen LogP contribution is 2.39. The van der Waals surface area contributed by atoms with Gasteiger partial charge in [-0.15, -0.1) is 0 Å². The van der Waals surface area contributed by atoms with Gasteiger partial charge < -0.3 is 19.1 Å². The number of urea groups is 1. The second-order valence-electron chi connectivity index (χ2n) is 8.02. The molecule has 2 heterocycles. The van der Waals surface area contributed by atoms with Crippen LogP contribution in [0.1, 0.15) is 18.4 Å². The molecule has 0 N–H and O–H groups in total. The molecule has 0 saturated carbocycles. The molecule has 172 valence electrons. The summed E-state index contributed by atoms with van der Waals surface area (Å²) in [5, 5.41) is 0. The molecule has 4 rings (SSSR count). The largest absolute Gasteiger partial charge is 0.381 e. The van der Waals surface area contributed by atoms with Crippen LogP contribution in [0.5, 0.6) is 0 Å². The molecule has 6 nitrogen and oxygen atoms in total. The van der Waals surface area contributed by atoms with E-state index < -0.39 is 5.60 Å². The number of morpholine rings is 1. The van der Waals surface area contributed by atoms with Crippen LogP contribution in [0, 0.1) is 5.82 Å². The molecule has 8 heteroatoms. The number of rotatable bonds is 5. The number of methoxy groups -OCH3 is 1. The third kappa shape index (κ3) is 5.09. The molecule has 32 heavy (non-hydrogen) atoms. The third-order valence-corrected chi connectivity index (χ3v) is 7.10. The van der Waals surface area contributed by atoms with Gasteiger partial charge in [0, 0.05) is 68.8 Å². The Labute approximate surface area is 192 Å². The second kappa shape index (κ2) is 10.2. The minimum atomic E-state index is -0.512. The van der Waals surface area contributed by atoms with Gasteiger partial charge >= 0.3 is 6.03 Å². The first kappa shape index (κ1) is 23.0. The SMILES string of the molecule is COC1(c2cc(F)cc(Sc3ccc(N(C)C(=O)N4CCOCC4)cc3)c2)CCOCC1. The Morgan fingerprint density at radius 3 is 2.34 bits per heavy atom. The van der Waals surface area contributed by atoms with E-state index in [1.54, 1.807) is 36.1 Å². The Kier molecular flexibility index (Phi) is 7.35. The van der Waals surface area contributed by atoms with Crippen LogP contribution in [0.4, 0.5) is 14.9 Å². The number of carbonyl (C=O) groups excluding carboxylic acids is 1. The van der Waals surface area contributed by atoms with Crippen LogP contribution in [-0.4, -0.2) is 64.6 Å². The lowest BCUT2D eigenvalue weighted by atomic mass is 9.86. The fourth-order valence-corrected chi connectivity index (χ4v) is 5.05. The summed E-state index contributed by atoms with van der Waals surface area (Å²) in [4.78, 5) is 17.9. The molecule has 0 spiro atoms. The van der Waals surface area contributed by atoms with Crippen molar-refractivity contribution in [3.8, 4) is 0 Å². The molecule has 0 aromatic heterocycles. The van der Waals surface area contributed by atoms with Crippen LogP contribution in [0.2, 0.25) is 0 Å². The number of nitrogens with zero attached hydrogens (tertiary/aromatic N) is 2. The topological polar surface area (TPSA) is 51.2 Å². The van der Waals surface area contributed by atoms with Crippen LogP contribution in [0.15, 0.2) is 52.3 Å². The monoisotopic (exact) mass is 460 g/mol. The standard InChI is InChI=1S/C24H29FN2O4S/c1-26(23(28)27-9-13-31-14-10-27)20-3-5-21(6-4-20)32-22-16-18(15-19(25)17-22)24(29-2)7-11-30-12-8-24/h3-6,15-17H,7-14H2,1-2H3. The Bertz CT molecular complexity index is 928. The molecule has 0 unspecified atom stereocenters. The number of hydrogen-bond acceptors (Lipinski definition) is 5. The smallest absolute Gasteiger partial charge is 0.324 e. The number of amides is 2. The Balaban J connectivity index is 1.47. The van der Waals surface area contributed by atoms with E-state index in [0.29, 0.717) is 52.4 Å². The molecule has 2 amide bonds. The van der Waals surface area contributed by atoms with E-state index in [4.69, 9.17) is 14.2 Å². The number of ether oxygens (including phenoxy) is 3. The normalized spacial score (nSPS) is 18.4. The van der Waals surface area contributed by atoms with Gasteiger partial charge in [0.15, 0.2) is 0 Å². The van der Waals surface area contributed by atoms with Crippen LogP contribution in [0.3, 0.4) is 0 Å². The van der Waals surface area contributed by atoms with Crippen molar-refractivity contribution < 1.29 is 23.4 Å². The van der Waals surface area contributed by atoms with Crippen molar-refractivity contribution >= 4 is 23.5 Å². The Morgan fingerprint density at radius 2 is 1.69 bits per heavy atom. The predicted octanol–water partition coefficient (Wildman–Crippen LogP) is 4.52. The number of benzene rings is 2. The maximum Gasteiger partial charge on any atom is 0.324 e. The van der Waals surface area contributed by atoms with Crippen molar-refractivity contribution in [2.75, 3.05) is 58.6 Å². The van der Waals surface area contributed by atoms with Crippen LogP contribution >= 0.6 is 11.8 Å². The van der Waals surface area contributed by atoms with E-state index in [0.717, 1.165) is 21.0 Å². The molecule has 0 aliphatic carbocycles. The first-order valence-electron chi connectivity index (χ1n) is 10.8. The number of halogens is 1. The molecule has 2 aromatic rings. The highest BCUT2D eigenvalue weighted by Gasteiger charge is 2.35. The lowest BCUT2D eigenvalue weighted by molar-refractivity contribution is -0.0950. The lowest BCUT2D eigenvalue weighted by Gasteiger charge is -2.36. The van der Waals surface area contributed by atoms with Gasteiger partial charge in [0.25, 0.3) is 0 Å². The van der Waals surface area contributed by atoms with Gasteiger partial charge in [-0.25, -0.2) is 9.18 Å². The van der Waals surface area contributed by atoms with Crippen LogP contribution < -0.4 is 4.90 Å². The maximum atomic E-state index is 14.5. The molecule has 2 aromatic carbocycles. The molecular weight excluding hydrogens is 431 g/mol. The zero-order chi connectivity index (χ0) is 22.6. The number of anilines is 1. The summed E-state index contributed by atoms with van der Waals surface area (Å²) in [6.07, 6.45) is 1.41. The van der Waals surface area contributed by atoms with Gasteiger partial charge in [0.1, 0.15) is 5.82 Å². The highest BCUT2D eigenvalue weighted by molar-refractivity contribution is 7.99. The van der Waals surface area contributed by atoms with Crippen molar-refractivity contribution in [2.24, 2.45) is 0 Å². The molecule has 2 aliphatic heterocycles. The summed E-state index contributed by atoms with van der Waals surface area (Å²) < 4.78 is 31.1. The van der Waals surface area contributed by atoms with Gasteiger partial charge in [-0.2, -0.15) is 0 Å². The van der Waals surface area contributed by atoms with Gasteiger partial charge in [0.2, 0.25) is 0 Å². The zero-order valence-corrected chi connectivity index (χ0v) is 19.3. The fourth-order valence-electron chi connectivity index (χ4n) is 4.15. The van der Waals surface area contributed by atoms with E-state index in [-0.39, 0.29) is 11.8 Å². The summed E-state index contributed by atoms with van der Waals surface area (Å²) in [6, 6.07) is 12.8. The van der Waals surface area contributed by atoms with Crippen molar-refractivity contribution in [3.63, 3.8) is 0 Å². The molecular formula is C24H29FN2O4S. The van der Waals surface area contributed by atoms with E-state index >= 15 is 0 Å². The second-order valence-corrected chi connectivity index (χ2v) is 9.17. The van der Waals surface area contributed by atoms with Crippen LogP contribution in [0.25, 0.3) is 0 Å². The average Bonchev–Trinajstić information content (AvgIpc) is 2.84. The van der Waals surface area contributed by atoms with Crippen LogP contribution in [-0.2, 0) is 19.8 Å². The molecule has 2 aliphatic rings. The lowest BCUT2D eigenvalue weighted by Crippen LogP contribution is -2.47. The molecule has 0 bridgehead atoms. The summed E-state index contributed by atoms with van der Waals surface area (Å²) in [5.74, 6) is -0.277. The Morgan fingerprint density at radius 1 is 1.03 bits per heavy atom. The third-order valence-electron chi connectivity index (χ3n) is 6.12. The quantitative estimate of drug-likeness (QED) is 0.657. The molecule has 0 radical (unpaired) electrons. The molecule has 2 fully saturated rings. The first-order valence-corrected chi connectivity index (χ1v) is 11.6. The van der Waals surface area contributed by atoms with Gasteiger partial charge in [-0.1, -0.05) is 11.8 Å². The molecule has 0 atom stereocenters. The minimum absolute atomic E-state index is 0.0372. The van der Waals surface area contributed by atoms with E-state index in [2.05, 4.69) is 0 Å². The number of carbonyl (C=O) groups is 1. The summed E-state index contributed by atoms with van der Waals surface area (Å²) in [5.41, 5.74) is 1.15. The zero-order valence-electron chi connectivity index (χ0n) is 18.5. The number of hydrogen-bond donors (Lipinski definition) is 0. The van der Waals surface area contributed by atoms with Crippen molar-refractivity contribution in [1.82, 2.24) is 4.90 Å². The Hall–Kier alpha value is -2.13. The molecule has 2 saturated heterocycles. The predicted molar refractivity (Wildman–Crippen MR) is 122 cm³/mol. The minimum Gasteiger partial charge on any atom is -0.381 e. The van der Waals surface area contributed by atoms with Crippen molar-refractivity contribution in [2.45, 2.75) is 28.2 Å². The van der Waals surface area contributed by atoms with E-state index in [1.165, 1.54) is 11.8 Å². The summed E-state index contributed by atoms with van der Waals surface area (Å²) in [7, 11) is 3.45. The summed E-state index contributed by atoms with van der Waals surface area (Å²) in [6.45, 7) is 3.56. The van der Waals surface area contributed by atoms with Crippen molar-refractivity contribution in [1.29, 1.82) is 0 Å². The maximum absolute atomic E-state index is 14.5. The van der Waals surface area contributed by atoms with Crippen molar-refractivity contribution in [3.05, 3.63) is 53.8 Å². The summed E-state index contributed by atoms with van der Waals surface area (Å²) >= 11 is 1.49. The van der Waals surface area contributed by atoms with Gasteiger partial charge in [-0.05, 0) is 48.0 Å². The first-order chi connectivity index (χ1) is 15.5. The van der Waals surface area contributed by atoms with E-state index in [9.17, 15) is 9.18 Å².